The smallest absolute Gasteiger partial charge is 0.307 e. The van der Waals surface area contributed by atoms with Gasteiger partial charge in [0, 0.05) is 12.4 Å². The summed E-state index contributed by atoms with van der Waals surface area (Å²) in [7, 11) is 1.61. The number of nitrogens with one attached hydrogen (secondary N) is 1. The van der Waals surface area contributed by atoms with Gasteiger partial charge in [-0.1, -0.05) is 19.4 Å². The molecule has 1 amide bonds. The lowest BCUT2D eigenvalue weighted by molar-refractivity contribution is 0.0923. The Morgan fingerprint density at radius 1 is 1.17 bits per heavy atom. The molecule has 29 heavy (non-hydrogen) atoms. The molecule has 2 heterocycles. The van der Waals surface area contributed by atoms with Gasteiger partial charge >= 0.3 is 5.91 Å². The van der Waals surface area contributed by atoms with Gasteiger partial charge in [0.2, 0.25) is 0 Å². The van der Waals surface area contributed by atoms with Crippen molar-refractivity contribution in [3.63, 3.8) is 0 Å². The molecule has 0 saturated heterocycles. The van der Waals surface area contributed by atoms with Gasteiger partial charge in [-0.05, 0) is 53.9 Å². The minimum Gasteiger partial charge on any atom is -0.493 e. The van der Waals surface area contributed by atoms with Crippen LogP contribution in [0, 0.1) is 0 Å². The maximum atomic E-state index is 12.1. The van der Waals surface area contributed by atoms with Crippen LogP contribution in [-0.4, -0.2) is 24.2 Å². The Morgan fingerprint density at radius 2 is 2.00 bits per heavy atom. The van der Waals surface area contributed by atoms with Crippen molar-refractivity contribution in [1.82, 2.24) is 10.4 Å². The summed E-state index contributed by atoms with van der Waals surface area (Å²) in [6.45, 7) is 2.31. The number of pyridine rings is 1. The van der Waals surface area contributed by atoms with Crippen molar-refractivity contribution in [2.24, 2.45) is 5.10 Å². The molecule has 0 bridgehead atoms. The van der Waals surface area contributed by atoms with Crippen LogP contribution in [0.1, 0.15) is 40.8 Å². The zero-order valence-corrected chi connectivity index (χ0v) is 16.4. The van der Waals surface area contributed by atoms with Crippen LogP contribution in [0.25, 0.3) is 0 Å². The van der Waals surface area contributed by atoms with Crippen LogP contribution in [-0.2, 0) is 13.0 Å². The third-order valence-corrected chi connectivity index (χ3v) is 4.11. The summed E-state index contributed by atoms with van der Waals surface area (Å²) in [4.78, 5) is 16.0. The molecule has 7 heteroatoms. The molecule has 3 rings (SSSR count). The van der Waals surface area contributed by atoms with Crippen molar-refractivity contribution in [2.45, 2.75) is 26.4 Å². The number of hydrazone groups is 1. The Bertz CT molecular complexity index is 967. The third kappa shape index (κ3) is 5.68. The molecular weight excluding hydrogens is 370 g/mol. The molecule has 0 unspecified atom stereocenters. The minimum absolute atomic E-state index is 0.153. The first kappa shape index (κ1) is 20.1. The lowest BCUT2D eigenvalue weighted by atomic mass is 10.1. The average Bonchev–Trinajstić information content (AvgIpc) is 3.23. The highest BCUT2D eigenvalue weighted by Gasteiger charge is 2.12. The van der Waals surface area contributed by atoms with E-state index in [9.17, 15) is 4.79 Å². The van der Waals surface area contributed by atoms with Gasteiger partial charge in [0.25, 0.3) is 0 Å². The molecule has 0 aliphatic carbocycles. The number of hydrogen-bond donors (Lipinski definition) is 1. The van der Waals surface area contributed by atoms with Crippen molar-refractivity contribution in [1.29, 1.82) is 0 Å². The summed E-state index contributed by atoms with van der Waals surface area (Å²) >= 11 is 0. The van der Waals surface area contributed by atoms with Crippen molar-refractivity contribution in [3.8, 4) is 11.5 Å². The molecule has 0 spiro atoms. The van der Waals surface area contributed by atoms with Gasteiger partial charge in [-0.15, -0.1) is 0 Å². The quantitative estimate of drug-likeness (QED) is 0.439. The molecular formula is C22H23N3O4. The van der Waals surface area contributed by atoms with E-state index in [1.807, 2.05) is 18.2 Å². The Balaban J connectivity index is 1.56. The summed E-state index contributed by atoms with van der Waals surface area (Å²) < 4.78 is 16.7. The number of carbonyl (C=O) groups is 1. The summed E-state index contributed by atoms with van der Waals surface area (Å²) in [6, 6.07) is 12.7. The highest BCUT2D eigenvalue weighted by Crippen LogP contribution is 2.29. The zero-order valence-electron chi connectivity index (χ0n) is 16.4. The monoisotopic (exact) mass is 393 g/mol. The number of benzene rings is 1. The maximum Gasteiger partial charge on any atom is 0.307 e. The highest BCUT2D eigenvalue weighted by molar-refractivity contribution is 5.92. The van der Waals surface area contributed by atoms with Crippen LogP contribution in [0.4, 0.5) is 0 Å². The van der Waals surface area contributed by atoms with Gasteiger partial charge in [-0.25, -0.2) is 5.43 Å². The fraction of sp³-hybridized carbons (Fsp3) is 0.227. The van der Waals surface area contributed by atoms with Crippen LogP contribution in [0.2, 0.25) is 0 Å². The number of methoxy groups -OCH3 is 1. The Hall–Kier alpha value is -3.61. The fourth-order valence-corrected chi connectivity index (χ4v) is 2.67. The van der Waals surface area contributed by atoms with Crippen LogP contribution >= 0.6 is 0 Å². The largest absolute Gasteiger partial charge is 0.493 e. The Labute approximate surface area is 169 Å². The van der Waals surface area contributed by atoms with E-state index in [1.165, 1.54) is 11.8 Å². The number of amides is 1. The van der Waals surface area contributed by atoms with E-state index in [1.54, 1.807) is 43.8 Å². The molecule has 0 atom stereocenters. The molecule has 2 aromatic heterocycles. The van der Waals surface area contributed by atoms with Crippen molar-refractivity contribution in [3.05, 3.63) is 77.5 Å². The van der Waals surface area contributed by atoms with Gasteiger partial charge in [0.15, 0.2) is 17.3 Å². The Morgan fingerprint density at radius 3 is 2.76 bits per heavy atom. The number of rotatable bonds is 9. The van der Waals surface area contributed by atoms with E-state index in [4.69, 9.17) is 13.9 Å². The molecule has 0 radical (unpaired) electrons. The number of carbonyl (C=O) groups excluding carboxylic acids is 1. The maximum absolute atomic E-state index is 12.1. The van der Waals surface area contributed by atoms with E-state index < -0.39 is 5.91 Å². The van der Waals surface area contributed by atoms with E-state index in [2.05, 4.69) is 22.4 Å². The van der Waals surface area contributed by atoms with Crippen LogP contribution in [0.15, 0.2) is 64.4 Å². The average molecular weight is 393 g/mol. The molecule has 0 aliphatic rings. The second kappa shape index (κ2) is 10.1. The summed E-state index contributed by atoms with van der Waals surface area (Å²) in [6.07, 6.45) is 6.87. The van der Waals surface area contributed by atoms with Crippen LogP contribution in [0.3, 0.4) is 0 Å². The van der Waals surface area contributed by atoms with E-state index in [-0.39, 0.29) is 12.4 Å². The first-order valence-corrected chi connectivity index (χ1v) is 9.31. The minimum atomic E-state index is -0.442. The number of hydrogen-bond acceptors (Lipinski definition) is 6. The van der Waals surface area contributed by atoms with Gasteiger partial charge in [0.1, 0.15) is 12.4 Å². The first-order valence-electron chi connectivity index (χ1n) is 9.31. The van der Waals surface area contributed by atoms with Gasteiger partial charge < -0.3 is 13.9 Å². The molecule has 7 nitrogen and oxygen atoms in total. The van der Waals surface area contributed by atoms with Gasteiger partial charge in [0.05, 0.1) is 13.3 Å². The predicted octanol–water partition coefficient (Wildman–Crippen LogP) is 3.98. The zero-order chi connectivity index (χ0) is 20.5. The molecule has 1 aromatic carbocycles. The number of ether oxygens (including phenoxy) is 2. The SMILES string of the molecule is CCCc1ccc(OCc2ccc(C(=O)NN=Cc3ccncc3)o2)c(OC)c1. The van der Waals surface area contributed by atoms with Crippen molar-refractivity contribution >= 4 is 12.1 Å². The van der Waals surface area contributed by atoms with E-state index >= 15 is 0 Å². The van der Waals surface area contributed by atoms with Gasteiger partial charge in [-0.2, -0.15) is 5.10 Å². The van der Waals surface area contributed by atoms with Crippen molar-refractivity contribution in [2.75, 3.05) is 7.11 Å². The van der Waals surface area contributed by atoms with E-state index in [0.717, 1.165) is 18.4 Å². The molecule has 0 saturated carbocycles. The van der Waals surface area contributed by atoms with E-state index in [0.29, 0.717) is 17.3 Å². The molecule has 1 N–H and O–H groups in total. The highest BCUT2D eigenvalue weighted by atomic mass is 16.5. The first-order chi connectivity index (χ1) is 14.2. The lowest BCUT2D eigenvalue weighted by Crippen LogP contribution is -2.16. The fourth-order valence-electron chi connectivity index (χ4n) is 2.67. The van der Waals surface area contributed by atoms with Crippen LogP contribution < -0.4 is 14.9 Å². The number of aromatic nitrogens is 1. The summed E-state index contributed by atoms with van der Waals surface area (Å²) in [5.74, 6) is 1.53. The molecule has 0 fully saturated rings. The normalized spacial score (nSPS) is 10.8. The molecule has 150 valence electrons. The van der Waals surface area contributed by atoms with Gasteiger partial charge in [-0.3, -0.25) is 9.78 Å². The molecule has 0 aliphatic heterocycles. The summed E-state index contributed by atoms with van der Waals surface area (Å²) in [5.41, 5.74) is 4.45. The predicted molar refractivity (Wildman–Crippen MR) is 109 cm³/mol. The second-order valence-electron chi connectivity index (χ2n) is 6.27. The number of aryl methyl sites for hydroxylation is 1. The Kier molecular flexibility index (Phi) is 7.00. The topological polar surface area (TPSA) is 86.0 Å². The van der Waals surface area contributed by atoms with Crippen molar-refractivity contribution < 1.29 is 18.7 Å². The lowest BCUT2D eigenvalue weighted by Gasteiger charge is -2.11. The van der Waals surface area contributed by atoms with Crippen LogP contribution in [0.5, 0.6) is 11.5 Å². The standard InChI is InChI=1S/C22H23N3O4/c1-3-4-16-5-7-19(21(13-16)27-2)28-15-18-6-8-20(29-18)22(26)25-24-14-17-9-11-23-12-10-17/h5-14H,3-4,15H2,1-2H3,(H,25,26). The number of nitrogens with zero attached hydrogens (tertiary/aromatic N) is 2. The third-order valence-electron chi connectivity index (χ3n) is 4.11. The second-order valence-corrected chi connectivity index (χ2v) is 6.27. The number of furan rings is 1. The summed E-state index contributed by atoms with van der Waals surface area (Å²) in [5, 5.41) is 3.91. The molecule has 3 aromatic rings.